The number of carbonyl (C=O) groups is 1. The molecule has 0 fully saturated rings. The van der Waals surface area contributed by atoms with Crippen molar-refractivity contribution in [3.05, 3.63) is 41.4 Å². The van der Waals surface area contributed by atoms with Crippen LogP contribution in [0.5, 0.6) is 0 Å². The number of nitrogens with one attached hydrogen (secondary N) is 1. The van der Waals surface area contributed by atoms with Gasteiger partial charge < -0.3 is 5.32 Å². The lowest BCUT2D eigenvalue weighted by atomic mass is 10.2. The average Bonchev–Trinajstić information content (AvgIpc) is 2.77. The largest absolute Gasteiger partial charge is 0.351 e. The van der Waals surface area contributed by atoms with Crippen LogP contribution in [0.2, 0.25) is 0 Å². The van der Waals surface area contributed by atoms with Crippen molar-refractivity contribution in [2.24, 2.45) is 0 Å². The molecule has 1 N–H and O–H groups in total. The zero-order valence-electron chi connectivity index (χ0n) is 11.6. The molecule has 1 aromatic carbocycles. The number of rotatable bonds is 6. The Balaban J connectivity index is 2.00. The highest BCUT2D eigenvalue weighted by atomic mass is 32.2. The van der Waals surface area contributed by atoms with E-state index in [1.54, 1.807) is 23.5 Å². The third-order valence-corrected chi connectivity index (χ3v) is 5.35. The molecule has 0 unspecified atom stereocenters. The van der Waals surface area contributed by atoms with E-state index in [2.05, 4.69) is 16.9 Å². The smallest absolute Gasteiger partial charge is 0.251 e. The zero-order chi connectivity index (χ0) is 15.5. The van der Waals surface area contributed by atoms with Crippen LogP contribution in [-0.4, -0.2) is 37.4 Å². The van der Waals surface area contributed by atoms with Crippen molar-refractivity contribution in [1.82, 2.24) is 10.3 Å². The van der Waals surface area contributed by atoms with Crippen LogP contribution in [0.3, 0.4) is 0 Å². The maximum absolute atomic E-state index is 12.0. The molecule has 7 heteroatoms. The number of thiazole rings is 1. The molecule has 1 amide bonds. The van der Waals surface area contributed by atoms with Crippen molar-refractivity contribution in [1.29, 1.82) is 0 Å². The average molecular weight is 324 g/mol. The molecule has 0 spiro atoms. The number of hydrogen-bond acceptors (Lipinski definition) is 5. The van der Waals surface area contributed by atoms with Gasteiger partial charge in [-0.1, -0.05) is 6.08 Å². The molecular formula is C14H16N2O3S2. The van der Waals surface area contributed by atoms with Crippen LogP contribution >= 0.6 is 11.3 Å². The molecular weight excluding hydrogens is 308 g/mol. The standard InChI is InChI=1S/C14H16N2O3S2/c1-3-7-21(18,19)8-6-15-14(17)11-4-5-13-12(9-11)16-10(2)20-13/h3-5,9H,1,6-8H2,2H3,(H,15,17). The van der Waals surface area contributed by atoms with E-state index in [4.69, 9.17) is 0 Å². The number of aryl methyl sites for hydroxylation is 1. The Bertz CT molecular complexity index is 779. The highest BCUT2D eigenvalue weighted by molar-refractivity contribution is 7.91. The summed E-state index contributed by atoms with van der Waals surface area (Å²) in [5, 5.41) is 3.55. The first-order valence-corrected chi connectivity index (χ1v) is 9.02. The summed E-state index contributed by atoms with van der Waals surface area (Å²) >= 11 is 1.57. The molecule has 0 aliphatic carbocycles. The Morgan fingerprint density at radius 2 is 2.24 bits per heavy atom. The lowest BCUT2D eigenvalue weighted by molar-refractivity contribution is 0.0956. The highest BCUT2D eigenvalue weighted by Crippen LogP contribution is 2.22. The summed E-state index contributed by atoms with van der Waals surface area (Å²) in [7, 11) is -3.18. The summed E-state index contributed by atoms with van der Waals surface area (Å²) < 4.78 is 24.0. The van der Waals surface area contributed by atoms with Gasteiger partial charge in [0.1, 0.15) is 0 Å². The van der Waals surface area contributed by atoms with Crippen LogP contribution in [0.25, 0.3) is 10.2 Å². The Hall–Kier alpha value is -1.73. The molecule has 1 heterocycles. The van der Waals surface area contributed by atoms with Gasteiger partial charge in [0.25, 0.3) is 5.91 Å². The summed E-state index contributed by atoms with van der Waals surface area (Å²) in [6, 6.07) is 5.28. The minimum absolute atomic E-state index is 0.0765. The van der Waals surface area contributed by atoms with Crippen LogP contribution in [0, 0.1) is 6.92 Å². The van der Waals surface area contributed by atoms with Gasteiger partial charge in [-0.3, -0.25) is 4.79 Å². The molecule has 0 saturated carbocycles. The molecule has 2 aromatic rings. The summed E-state index contributed by atoms with van der Waals surface area (Å²) in [6.07, 6.45) is 1.34. The molecule has 0 atom stereocenters. The van der Waals surface area contributed by atoms with Crippen molar-refractivity contribution in [2.45, 2.75) is 6.92 Å². The van der Waals surface area contributed by atoms with Gasteiger partial charge in [0.2, 0.25) is 0 Å². The third-order valence-electron chi connectivity index (χ3n) is 2.83. The minimum Gasteiger partial charge on any atom is -0.351 e. The second-order valence-corrected chi connectivity index (χ2v) is 8.04. The number of amides is 1. The van der Waals surface area contributed by atoms with E-state index >= 15 is 0 Å². The fourth-order valence-electron chi connectivity index (χ4n) is 1.87. The first-order chi connectivity index (χ1) is 9.91. The Morgan fingerprint density at radius 1 is 1.48 bits per heavy atom. The van der Waals surface area contributed by atoms with Crippen molar-refractivity contribution in [3.8, 4) is 0 Å². The van der Waals surface area contributed by atoms with E-state index < -0.39 is 9.84 Å². The van der Waals surface area contributed by atoms with Crippen molar-refractivity contribution < 1.29 is 13.2 Å². The van der Waals surface area contributed by atoms with E-state index in [9.17, 15) is 13.2 Å². The van der Waals surface area contributed by atoms with Crippen LogP contribution in [0.4, 0.5) is 0 Å². The lowest BCUT2D eigenvalue weighted by Crippen LogP contribution is -2.29. The quantitative estimate of drug-likeness (QED) is 0.824. The molecule has 2 rings (SSSR count). The van der Waals surface area contributed by atoms with E-state index in [0.717, 1.165) is 15.2 Å². The predicted octanol–water partition coefficient (Wildman–Crippen LogP) is 1.94. The molecule has 0 aliphatic heterocycles. The molecule has 0 aliphatic rings. The van der Waals surface area contributed by atoms with Gasteiger partial charge >= 0.3 is 0 Å². The topological polar surface area (TPSA) is 76.1 Å². The molecule has 5 nitrogen and oxygen atoms in total. The number of benzene rings is 1. The molecule has 1 aromatic heterocycles. The van der Waals surface area contributed by atoms with E-state index in [1.165, 1.54) is 6.08 Å². The second kappa shape index (κ2) is 6.36. The molecule has 0 saturated heterocycles. The molecule has 21 heavy (non-hydrogen) atoms. The number of nitrogens with zero attached hydrogens (tertiary/aromatic N) is 1. The molecule has 0 radical (unpaired) electrons. The number of aromatic nitrogens is 1. The van der Waals surface area contributed by atoms with E-state index in [-0.39, 0.29) is 24.0 Å². The number of sulfone groups is 1. The fourth-order valence-corrected chi connectivity index (χ4v) is 3.62. The Kier molecular flexibility index (Phi) is 4.74. The molecule has 112 valence electrons. The SMILES string of the molecule is C=CCS(=O)(=O)CCNC(=O)c1ccc2sc(C)nc2c1. The highest BCUT2D eigenvalue weighted by Gasteiger charge is 2.11. The second-order valence-electron chi connectivity index (χ2n) is 4.57. The van der Waals surface area contributed by atoms with E-state index in [0.29, 0.717) is 5.56 Å². The summed E-state index contributed by atoms with van der Waals surface area (Å²) in [5.41, 5.74) is 1.26. The monoisotopic (exact) mass is 324 g/mol. The van der Waals surface area contributed by atoms with Crippen molar-refractivity contribution in [3.63, 3.8) is 0 Å². The summed E-state index contributed by atoms with van der Waals surface area (Å²) in [6.45, 7) is 5.39. The number of hydrogen-bond donors (Lipinski definition) is 1. The third kappa shape index (κ3) is 4.12. The summed E-state index contributed by atoms with van der Waals surface area (Å²) in [5.74, 6) is -0.466. The Morgan fingerprint density at radius 3 is 2.95 bits per heavy atom. The van der Waals surface area contributed by atoms with Gasteiger partial charge in [0.05, 0.1) is 26.7 Å². The predicted molar refractivity (Wildman–Crippen MR) is 85.5 cm³/mol. The molecule has 0 bridgehead atoms. The van der Waals surface area contributed by atoms with Gasteiger partial charge in [0, 0.05) is 12.1 Å². The van der Waals surface area contributed by atoms with Crippen LogP contribution in [0.1, 0.15) is 15.4 Å². The normalized spacial score (nSPS) is 11.5. The zero-order valence-corrected chi connectivity index (χ0v) is 13.3. The van der Waals surface area contributed by atoms with Crippen molar-refractivity contribution >= 4 is 37.3 Å². The van der Waals surface area contributed by atoms with E-state index in [1.807, 2.05) is 13.0 Å². The Labute approximate surface area is 127 Å². The van der Waals surface area contributed by atoms with Gasteiger partial charge in [0.15, 0.2) is 9.84 Å². The van der Waals surface area contributed by atoms with Crippen molar-refractivity contribution in [2.75, 3.05) is 18.1 Å². The maximum atomic E-state index is 12.0. The van der Waals surface area contributed by atoms with Gasteiger partial charge in [-0.25, -0.2) is 13.4 Å². The first-order valence-electron chi connectivity index (χ1n) is 6.38. The first kappa shape index (κ1) is 15.7. The number of carbonyl (C=O) groups excluding carboxylic acids is 1. The van der Waals surface area contributed by atoms with Gasteiger partial charge in [-0.05, 0) is 25.1 Å². The van der Waals surface area contributed by atoms with Crippen LogP contribution in [-0.2, 0) is 9.84 Å². The van der Waals surface area contributed by atoms with Gasteiger partial charge in [-0.2, -0.15) is 0 Å². The fraction of sp³-hybridized carbons (Fsp3) is 0.286. The summed E-state index contributed by atoms with van der Waals surface area (Å²) in [4.78, 5) is 16.3. The van der Waals surface area contributed by atoms with Gasteiger partial charge in [-0.15, -0.1) is 17.9 Å². The lowest BCUT2D eigenvalue weighted by Gasteiger charge is -2.05. The number of fused-ring (bicyclic) bond motifs is 1. The van der Waals surface area contributed by atoms with Crippen LogP contribution < -0.4 is 5.32 Å². The minimum atomic E-state index is -3.18. The van der Waals surface area contributed by atoms with Crippen LogP contribution in [0.15, 0.2) is 30.9 Å². The maximum Gasteiger partial charge on any atom is 0.251 e.